The summed E-state index contributed by atoms with van der Waals surface area (Å²) in [6, 6.07) is 19.8. The van der Waals surface area contributed by atoms with Gasteiger partial charge in [0.2, 0.25) is 0 Å². The van der Waals surface area contributed by atoms with Crippen LogP contribution in [0.2, 0.25) is 0 Å². The van der Waals surface area contributed by atoms with E-state index in [0.29, 0.717) is 6.61 Å². The van der Waals surface area contributed by atoms with Crippen molar-refractivity contribution in [2.24, 2.45) is 0 Å². The molecule has 19 heavy (non-hydrogen) atoms. The molecular weight excluding hydrogens is 236 g/mol. The quantitative estimate of drug-likeness (QED) is 0.889. The first-order valence-electron chi connectivity index (χ1n) is 6.75. The van der Waals surface area contributed by atoms with E-state index in [2.05, 4.69) is 0 Å². The second-order valence-corrected chi connectivity index (χ2v) is 5.06. The van der Waals surface area contributed by atoms with Gasteiger partial charge in [0.1, 0.15) is 11.7 Å². The zero-order chi connectivity index (χ0) is 13.1. The van der Waals surface area contributed by atoms with Gasteiger partial charge in [-0.15, -0.1) is 0 Å². The Bertz CT molecular complexity index is 523. The predicted molar refractivity (Wildman–Crippen MR) is 74.7 cm³/mol. The van der Waals surface area contributed by atoms with Crippen LogP contribution in [0.3, 0.4) is 0 Å². The lowest BCUT2D eigenvalue weighted by molar-refractivity contribution is -0.154. The summed E-state index contributed by atoms with van der Waals surface area (Å²) >= 11 is 0. The molecule has 1 N–H and O–H groups in total. The second kappa shape index (κ2) is 5.16. The van der Waals surface area contributed by atoms with Crippen LogP contribution < -0.4 is 0 Å². The van der Waals surface area contributed by atoms with Gasteiger partial charge in [0.25, 0.3) is 0 Å². The molecule has 0 radical (unpaired) electrons. The molecule has 2 aromatic carbocycles. The van der Waals surface area contributed by atoms with Crippen LogP contribution in [0.4, 0.5) is 0 Å². The van der Waals surface area contributed by atoms with Crippen LogP contribution in [-0.4, -0.2) is 11.7 Å². The molecule has 0 bridgehead atoms. The minimum Gasteiger partial charge on any atom is -0.382 e. The Hall–Kier alpha value is -1.64. The van der Waals surface area contributed by atoms with Crippen molar-refractivity contribution < 1.29 is 9.84 Å². The van der Waals surface area contributed by atoms with Crippen molar-refractivity contribution >= 4 is 0 Å². The molecule has 1 aliphatic rings. The standard InChI is InChI=1S/C17H18O2/c18-17(15-10-5-2-6-11-15)12-7-13-19-16(17)14-8-3-1-4-9-14/h1-6,8-11,16,18H,7,12-13H2. The first kappa shape index (κ1) is 12.4. The molecule has 2 heteroatoms. The fourth-order valence-electron chi connectivity index (χ4n) is 2.83. The van der Waals surface area contributed by atoms with E-state index in [-0.39, 0.29) is 6.10 Å². The average molecular weight is 254 g/mol. The fraction of sp³-hybridized carbons (Fsp3) is 0.294. The van der Waals surface area contributed by atoms with Crippen molar-refractivity contribution in [2.75, 3.05) is 6.61 Å². The van der Waals surface area contributed by atoms with E-state index in [1.807, 2.05) is 60.7 Å². The van der Waals surface area contributed by atoms with Crippen LogP contribution in [0.5, 0.6) is 0 Å². The fourth-order valence-corrected chi connectivity index (χ4v) is 2.83. The smallest absolute Gasteiger partial charge is 0.120 e. The minimum absolute atomic E-state index is 0.287. The topological polar surface area (TPSA) is 29.5 Å². The molecule has 2 unspecified atom stereocenters. The van der Waals surface area contributed by atoms with Gasteiger partial charge in [0.15, 0.2) is 0 Å². The molecule has 0 amide bonds. The minimum atomic E-state index is -0.930. The highest BCUT2D eigenvalue weighted by Gasteiger charge is 2.42. The van der Waals surface area contributed by atoms with E-state index in [9.17, 15) is 5.11 Å². The molecule has 98 valence electrons. The maximum atomic E-state index is 11.1. The van der Waals surface area contributed by atoms with Crippen molar-refractivity contribution in [3.63, 3.8) is 0 Å². The van der Waals surface area contributed by atoms with Crippen LogP contribution >= 0.6 is 0 Å². The molecule has 0 aromatic heterocycles. The normalized spacial score (nSPS) is 27.1. The Morgan fingerprint density at radius 3 is 2.26 bits per heavy atom. The van der Waals surface area contributed by atoms with E-state index in [4.69, 9.17) is 4.74 Å². The Morgan fingerprint density at radius 1 is 0.947 bits per heavy atom. The zero-order valence-corrected chi connectivity index (χ0v) is 10.8. The molecule has 1 saturated heterocycles. The zero-order valence-electron chi connectivity index (χ0n) is 10.8. The Balaban J connectivity index is 2.02. The molecule has 0 spiro atoms. The summed E-state index contributed by atoms with van der Waals surface area (Å²) in [5, 5.41) is 11.1. The van der Waals surface area contributed by atoms with Gasteiger partial charge in [-0.2, -0.15) is 0 Å². The SMILES string of the molecule is OC1(c2ccccc2)CCCOC1c1ccccc1. The van der Waals surface area contributed by atoms with Crippen molar-refractivity contribution in [3.8, 4) is 0 Å². The average Bonchev–Trinajstić information content (AvgIpc) is 2.49. The van der Waals surface area contributed by atoms with Gasteiger partial charge in [-0.3, -0.25) is 0 Å². The molecular formula is C17H18O2. The largest absolute Gasteiger partial charge is 0.382 e. The summed E-state index contributed by atoms with van der Waals surface area (Å²) in [5.74, 6) is 0. The summed E-state index contributed by atoms with van der Waals surface area (Å²) in [6.45, 7) is 0.703. The van der Waals surface area contributed by atoms with Crippen LogP contribution in [0.25, 0.3) is 0 Å². The number of benzene rings is 2. The number of hydrogen-bond acceptors (Lipinski definition) is 2. The van der Waals surface area contributed by atoms with Crippen LogP contribution in [-0.2, 0) is 10.3 Å². The molecule has 1 fully saturated rings. The number of hydrogen-bond donors (Lipinski definition) is 1. The summed E-state index contributed by atoms with van der Waals surface area (Å²) in [7, 11) is 0. The first-order valence-corrected chi connectivity index (χ1v) is 6.75. The van der Waals surface area contributed by atoms with Gasteiger partial charge < -0.3 is 9.84 Å². The summed E-state index contributed by atoms with van der Waals surface area (Å²) < 4.78 is 5.88. The Labute approximate surface area is 113 Å². The van der Waals surface area contributed by atoms with Gasteiger partial charge in [-0.25, -0.2) is 0 Å². The van der Waals surface area contributed by atoms with Gasteiger partial charge in [0.05, 0.1) is 0 Å². The van der Waals surface area contributed by atoms with Crippen LogP contribution in [0.1, 0.15) is 30.1 Å². The van der Waals surface area contributed by atoms with Gasteiger partial charge in [0, 0.05) is 6.61 Å². The predicted octanol–water partition coefficient (Wildman–Crippen LogP) is 3.43. The lowest BCUT2D eigenvalue weighted by atomic mass is 9.79. The lowest BCUT2D eigenvalue weighted by Gasteiger charge is -2.40. The molecule has 0 saturated carbocycles. The summed E-state index contributed by atoms with van der Waals surface area (Å²) in [6.07, 6.45) is 1.33. The summed E-state index contributed by atoms with van der Waals surface area (Å²) in [5.41, 5.74) is 1.04. The van der Waals surface area contributed by atoms with Crippen molar-refractivity contribution in [3.05, 3.63) is 71.8 Å². The monoisotopic (exact) mass is 254 g/mol. The van der Waals surface area contributed by atoms with E-state index in [1.165, 1.54) is 0 Å². The van der Waals surface area contributed by atoms with Crippen molar-refractivity contribution in [2.45, 2.75) is 24.5 Å². The molecule has 1 heterocycles. The molecule has 0 aliphatic carbocycles. The van der Waals surface area contributed by atoms with E-state index in [1.54, 1.807) is 0 Å². The third-order valence-corrected chi connectivity index (χ3v) is 3.80. The lowest BCUT2D eigenvalue weighted by Crippen LogP contribution is -2.39. The highest BCUT2D eigenvalue weighted by Crippen LogP contribution is 2.44. The molecule has 2 nitrogen and oxygen atoms in total. The molecule has 1 aliphatic heterocycles. The van der Waals surface area contributed by atoms with E-state index >= 15 is 0 Å². The van der Waals surface area contributed by atoms with Crippen molar-refractivity contribution in [1.29, 1.82) is 0 Å². The van der Waals surface area contributed by atoms with Crippen LogP contribution in [0, 0.1) is 0 Å². The van der Waals surface area contributed by atoms with Crippen molar-refractivity contribution in [1.82, 2.24) is 0 Å². The molecule has 3 rings (SSSR count). The highest BCUT2D eigenvalue weighted by molar-refractivity contribution is 5.30. The maximum Gasteiger partial charge on any atom is 0.120 e. The van der Waals surface area contributed by atoms with E-state index in [0.717, 1.165) is 24.0 Å². The Kier molecular flexibility index (Phi) is 3.36. The third kappa shape index (κ3) is 2.29. The first-order chi connectivity index (χ1) is 9.31. The summed E-state index contributed by atoms with van der Waals surface area (Å²) in [4.78, 5) is 0. The van der Waals surface area contributed by atoms with Gasteiger partial charge in [-0.1, -0.05) is 60.7 Å². The molecule has 2 aromatic rings. The second-order valence-electron chi connectivity index (χ2n) is 5.06. The van der Waals surface area contributed by atoms with Gasteiger partial charge in [-0.05, 0) is 24.0 Å². The Morgan fingerprint density at radius 2 is 1.58 bits per heavy atom. The maximum absolute atomic E-state index is 11.1. The number of ether oxygens (including phenoxy) is 1. The third-order valence-electron chi connectivity index (χ3n) is 3.80. The van der Waals surface area contributed by atoms with Gasteiger partial charge >= 0.3 is 0 Å². The number of aliphatic hydroxyl groups is 1. The highest BCUT2D eigenvalue weighted by atomic mass is 16.5. The van der Waals surface area contributed by atoms with Crippen LogP contribution in [0.15, 0.2) is 60.7 Å². The molecule has 2 atom stereocenters. The number of rotatable bonds is 2. The van der Waals surface area contributed by atoms with E-state index < -0.39 is 5.60 Å².